The van der Waals surface area contributed by atoms with E-state index >= 15 is 0 Å². The fraction of sp³-hybridized carbons (Fsp3) is 0.211. The number of morpholine rings is 1. The van der Waals surface area contributed by atoms with Crippen molar-refractivity contribution < 1.29 is 13.5 Å². The van der Waals surface area contributed by atoms with Crippen LogP contribution in [0.1, 0.15) is 11.7 Å². The van der Waals surface area contributed by atoms with E-state index < -0.39 is 11.6 Å². The molecule has 2 N–H and O–H groups in total. The third-order valence-electron chi connectivity index (χ3n) is 4.31. The minimum atomic E-state index is -0.618. The molecular formula is C19H17F2N3O. The number of hydrogen-bond donors (Lipinski definition) is 2. The summed E-state index contributed by atoms with van der Waals surface area (Å²) in [5, 5.41) is 10.4. The lowest BCUT2D eigenvalue weighted by atomic mass is 10.0. The first-order chi connectivity index (χ1) is 12.2. The number of ether oxygens (including phenoxy) is 1. The molecule has 0 radical (unpaired) electrons. The molecule has 25 heavy (non-hydrogen) atoms. The van der Waals surface area contributed by atoms with Gasteiger partial charge in [0.2, 0.25) is 0 Å². The van der Waals surface area contributed by atoms with Crippen molar-refractivity contribution in [2.45, 2.75) is 6.10 Å². The minimum absolute atomic E-state index is 0.0610. The predicted octanol–water partition coefficient (Wildman–Crippen LogP) is 3.68. The Labute approximate surface area is 143 Å². The SMILES string of the molecule is Fc1ccc(-c2cc(-c3ccc([C@H]4CNCCO4)cc3)n[nH]2)c(F)c1. The number of nitrogens with one attached hydrogen (secondary N) is 2. The zero-order valence-electron chi connectivity index (χ0n) is 13.4. The molecule has 0 aliphatic carbocycles. The van der Waals surface area contributed by atoms with Gasteiger partial charge in [0.15, 0.2) is 0 Å². The van der Waals surface area contributed by atoms with Crippen LogP contribution in [0.25, 0.3) is 22.5 Å². The highest BCUT2D eigenvalue weighted by Gasteiger charge is 2.16. The van der Waals surface area contributed by atoms with Crippen molar-refractivity contribution in [1.29, 1.82) is 0 Å². The summed E-state index contributed by atoms with van der Waals surface area (Å²) >= 11 is 0. The average molecular weight is 341 g/mol. The second-order valence-corrected chi connectivity index (χ2v) is 5.98. The van der Waals surface area contributed by atoms with Gasteiger partial charge >= 0.3 is 0 Å². The summed E-state index contributed by atoms with van der Waals surface area (Å²) in [5.41, 5.74) is 3.52. The van der Waals surface area contributed by atoms with Crippen molar-refractivity contribution in [3.8, 4) is 22.5 Å². The van der Waals surface area contributed by atoms with Crippen molar-refractivity contribution in [2.75, 3.05) is 19.7 Å². The number of benzene rings is 2. The molecule has 3 aromatic rings. The number of rotatable bonds is 3. The van der Waals surface area contributed by atoms with Crippen LogP contribution in [0.5, 0.6) is 0 Å². The van der Waals surface area contributed by atoms with Crippen molar-refractivity contribution in [3.63, 3.8) is 0 Å². The maximum absolute atomic E-state index is 13.9. The summed E-state index contributed by atoms with van der Waals surface area (Å²) < 4.78 is 32.7. The Balaban J connectivity index is 1.57. The van der Waals surface area contributed by atoms with Gasteiger partial charge in [-0.05, 0) is 23.8 Å². The molecule has 1 fully saturated rings. The molecule has 2 heterocycles. The van der Waals surface area contributed by atoms with Crippen LogP contribution < -0.4 is 5.32 Å². The van der Waals surface area contributed by atoms with E-state index in [-0.39, 0.29) is 6.10 Å². The van der Waals surface area contributed by atoms with Gasteiger partial charge in [0, 0.05) is 30.3 Å². The number of halogens is 2. The lowest BCUT2D eigenvalue weighted by molar-refractivity contribution is 0.0277. The highest BCUT2D eigenvalue weighted by molar-refractivity contribution is 5.68. The maximum Gasteiger partial charge on any atom is 0.135 e. The summed E-state index contributed by atoms with van der Waals surface area (Å²) in [7, 11) is 0. The van der Waals surface area contributed by atoms with Gasteiger partial charge in [-0.25, -0.2) is 8.78 Å². The van der Waals surface area contributed by atoms with Gasteiger partial charge in [0.1, 0.15) is 11.6 Å². The first kappa shape index (κ1) is 15.9. The van der Waals surface area contributed by atoms with Crippen LogP contribution in [0.15, 0.2) is 48.5 Å². The van der Waals surface area contributed by atoms with Crippen molar-refractivity contribution >= 4 is 0 Å². The predicted molar refractivity (Wildman–Crippen MR) is 90.9 cm³/mol. The highest BCUT2D eigenvalue weighted by Crippen LogP contribution is 2.27. The summed E-state index contributed by atoms with van der Waals surface area (Å²) in [5.74, 6) is -1.22. The summed E-state index contributed by atoms with van der Waals surface area (Å²) in [4.78, 5) is 0. The van der Waals surface area contributed by atoms with Crippen molar-refractivity contribution in [1.82, 2.24) is 15.5 Å². The molecule has 1 atom stereocenters. The van der Waals surface area contributed by atoms with Gasteiger partial charge in [0.05, 0.1) is 24.1 Å². The second-order valence-electron chi connectivity index (χ2n) is 5.98. The molecule has 1 aliphatic heterocycles. The second kappa shape index (κ2) is 6.74. The molecule has 1 aromatic heterocycles. The Morgan fingerprint density at radius 2 is 1.88 bits per heavy atom. The van der Waals surface area contributed by atoms with E-state index in [1.165, 1.54) is 12.1 Å². The molecule has 128 valence electrons. The quantitative estimate of drug-likeness (QED) is 0.764. The summed E-state index contributed by atoms with van der Waals surface area (Å²) in [6.45, 7) is 2.39. The molecule has 4 rings (SSSR count). The van der Waals surface area contributed by atoms with Gasteiger partial charge in [0.25, 0.3) is 0 Å². The zero-order chi connectivity index (χ0) is 17.2. The maximum atomic E-state index is 13.9. The van der Waals surface area contributed by atoms with E-state index in [2.05, 4.69) is 15.5 Å². The van der Waals surface area contributed by atoms with Gasteiger partial charge in [-0.15, -0.1) is 0 Å². The molecule has 1 saturated heterocycles. The van der Waals surface area contributed by atoms with Gasteiger partial charge in [-0.1, -0.05) is 24.3 Å². The monoisotopic (exact) mass is 341 g/mol. The first-order valence-electron chi connectivity index (χ1n) is 8.14. The summed E-state index contributed by atoms with van der Waals surface area (Å²) in [6, 6.07) is 13.2. The largest absolute Gasteiger partial charge is 0.371 e. The van der Waals surface area contributed by atoms with Gasteiger partial charge < -0.3 is 10.1 Å². The van der Waals surface area contributed by atoms with Crippen LogP contribution in [0.4, 0.5) is 8.78 Å². The Bertz CT molecular complexity index is 871. The van der Waals surface area contributed by atoms with Gasteiger partial charge in [-0.2, -0.15) is 5.10 Å². The minimum Gasteiger partial charge on any atom is -0.371 e. The molecule has 0 unspecified atom stereocenters. The molecular weight excluding hydrogens is 324 g/mol. The molecule has 1 aliphatic rings. The zero-order valence-corrected chi connectivity index (χ0v) is 13.4. The van der Waals surface area contributed by atoms with Crippen LogP contribution in [0.3, 0.4) is 0 Å². The average Bonchev–Trinajstić information content (AvgIpc) is 3.12. The molecule has 0 spiro atoms. The highest BCUT2D eigenvalue weighted by atomic mass is 19.1. The van der Waals surface area contributed by atoms with Crippen molar-refractivity contribution in [2.24, 2.45) is 0 Å². The van der Waals surface area contributed by atoms with Crippen LogP contribution >= 0.6 is 0 Å². The fourth-order valence-corrected chi connectivity index (χ4v) is 2.96. The molecule has 2 aromatic carbocycles. The van der Waals surface area contributed by atoms with Crippen LogP contribution in [-0.4, -0.2) is 29.9 Å². The molecule has 0 amide bonds. The lowest BCUT2D eigenvalue weighted by Crippen LogP contribution is -2.33. The lowest BCUT2D eigenvalue weighted by Gasteiger charge is -2.24. The Kier molecular flexibility index (Phi) is 4.29. The standard InChI is InChI=1S/C19H17F2N3O/c20-14-5-6-15(16(21)9-14)18-10-17(23-24-18)12-1-3-13(4-2-12)19-11-22-7-8-25-19/h1-6,9-10,19,22H,7-8,11H2,(H,23,24)/t19-/m1/s1. The summed E-state index contributed by atoms with van der Waals surface area (Å²) in [6.07, 6.45) is 0.0610. The van der Waals surface area contributed by atoms with E-state index in [1.54, 1.807) is 6.07 Å². The van der Waals surface area contributed by atoms with Gasteiger partial charge in [-0.3, -0.25) is 5.10 Å². The first-order valence-corrected chi connectivity index (χ1v) is 8.14. The topological polar surface area (TPSA) is 49.9 Å². The van der Waals surface area contributed by atoms with Crippen LogP contribution in [0, 0.1) is 11.6 Å². The molecule has 0 saturated carbocycles. The Hall–Kier alpha value is -2.57. The van der Waals surface area contributed by atoms with Crippen LogP contribution in [0.2, 0.25) is 0 Å². The smallest absolute Gasteiger partial charge is 0.135 e. The van der Waals surface area contributed by atoms with E-state index in [0.29, 0.717) is 23.6 Å². The Morgan fingerprint density at radius 3 is 2.60 bits per heavy atom. The number of nitrogens with zero attached hydrogens (tertiary/aromatic N) is 1. The van der Waals surface area contributed by atoms with Crippen molar-refractivity contribution in [3.05, 3.63) is 65.7 Å². The molecule has 0 bridgehead atoms. The third-order valence-corrected chi connectivity index (χ3v) is 4.31. The van der Waals surface area contributed by atoms with E-state index in [4.69, 9.17) is 4.74 Å². The molecule has 4 nitrogen and oxygen atoms in total. The van der Waals surface area contributed by atoms with E-state index in [0.717, 1.165) is 30.3 Å². The number of aromatic nitrogens is 2. The number of aromatic amines is 1. The number of H-pyrrole nitrogens is 1. The van der Waals surface area contributed by atoms with E-state index in [1.807, 2.05) is 24.3 Å². The third kappa shape index (κ3) is 3.31. The van der Waals surface area contributed by atoms with E-state index in [9.17, 15) is 8.78 Å². The van der Waals surface area contributed by atoms with Crippen LogP contribution in [-0.2, 0) is 4.74 Å². The number of hydrogen-bond acceptors (Lipinski definition) is 3. The Morgan fingerprint density at radius 1 is 1.04 bits per heavy atom. The molecule has 6 heteroatoms. The normalized spacial score (nSPS) is 17.6. The fourth-order valence-electron chi connectivity index (χ4n) is 2.96.